The number of methoxy groups -OCH3 is 1. The Morgan fingerprint density at radius 1 is 1.59 bits per heavy atom. The third-order valence-electron chi connectivity index (χ3n) is 2.75. The minimum absolute atomic E-state index is 0.216. The van der Waals surface area contributed by atoms with Crippen LogP contribution < -0.4 is 9.64 Å². The minimum atomic E-state index is -0.744. The predicted octanol–water partition coefficient (Wildman–Crippen LogP) is 0.705. The molecular weight excluding hydrogens is 222 g/mol. The lowest BCUT2D eigenvalue weighted by molar-refractivity contribution is -0.138. The summed E-state index contributed by atoms with van der Waals surface area (Å²) in [4.78, 5) is 21.0. The van der Waals surface area contributed by atoms with Gasteiger partial charge in [0.05, 0.1) is 13.5 Å². The van der Waals surface area contributed by atoms with Crippen LogP contribution in [-0.2, 0) is 4.79 Å². The lowest BCUT2D eigenvalue weighted by atomic mass is 9.96. The van der Waals surface area contributed by atoms with Crippen LogP contribution in [0, 0.1) is 12.8 Å². The summed E-state index contributed by atoms with van der Waals surface area (Å²) < 4.78 is 5.07. The number of hydrogen-bond donors (Lipinski definition) is 1. The van der Waals surface area contributed by atoms with Crippen molar-refractivity contribution in [2.75, 3.05) is 25.1 Å². The van der Waals surface area contributed by atoms with E-state index in [0.29, 0.717) is 11.7 Å². The zero-order valence-electron chi connectivity index (χ0n) is 9.88. The van der Waals surface area contributed by atoms with Gasteiger partial charge < -0.3 is 14.7 Å². The number of anilines is 1. The second-order valence-electron chi connectivity index (χ2n) is 4.18. The van der Waals surface area contributed by atoms with Gasteiger partial charge in [-0.1, -0.05) is 0 Å². The lowest BCUT2D eigenvalue weighted by Crippen LogP contribution is -2.48. The van der Waals surface area contributed by atoms with Crippen molar-refractivity contribution < 1.29 is 14.6 Å². The van der Waals surface area contributed by atoms with E-state index in [2.05, 4.69) is 9.97 Å². The molecule has 0 amide bonds. The van der Waals surface area contributed by atoms with E-state index < -0.39 is 5.97 Å². The largest absolute Gasteiger partial charge is 0.481 e. The number of carbonyl (C=O) groups is 1. The first kappa shape index (κ1) is 11.6. The van der Waals surface area contributed by atoms with Gasteiger partial charge in [0.15, 0.2) is 0 Å². The maximum absolute atomic E-state index is 10.5. The quantitative estimate of drug-likeness (QED) is 0.831. The molecule has 0 unspecified atom stereocenters. The lowest BCUT2D eigenvalue weighted by Gasteiger charge is -2.39. The van der Waals surface area contributed by atoms with Crippen LogP contribution >= 0.6 is 0 Å². The molecule has 0 bridgehead atoms. The number of nitrogens with zero attached hydrogens (tertiary/aromatic N) is 3. The Labute approximate surface area is 99.2 Å². The topological polar surface area (TPSA) is 75.5 Å². The van der Waals surface area contributed by atoms with Crippen LogP contribution in [0.25, 0.3) is 0 Å². The van der Waals surface area contributed by atoms with Crippen LogP contribution in [0.4, 0.5) is 5.82 Å². The van der Waals surface area contributed by atoms with Gasteiger partial charge in [-0.2, -0.15) is 4.98 Å². The summed E-state index contributed by atoms with van der Waals surface area (Å²) in [5, 5.41) is 8.67. The summed E-state index contributed by atoms with van der Waals surface area (Å²) in [5.41, 5.74) is 0. The molecule has 17 heavy (non-hydrogen) atoms. The SMILES string of the molecule is COc1cc(N2CC(CC(=O)O)C2)nc(C)n1. The fourth-order valence-electron chi connectivity index (χ4n) is 1.92. The van der Waals surface area contributed by atoms with Gasteiger partial charge in [0, 0.05) is 25.1 Å². The standard InChI is InChI=1S/C11H15N3O3/c1-7-12-9(4-10(13-7)17-2)14-5-8(6-14)3-11(15)16/h4,8H,3,5-6H2,1-2H3,(H,15,16). The molecule has 1 N–H and O–H groups in total. The average Bonchev–Trinajstić information content (AvgIpc) is 2.21. The van der Waals surface area contributed by atoms with Crippen molar-refractivity contribution in [2.24, 2.45) is 5.92 Å². The maximum Gasteiger partial charge on any atom is 0.303 e. The van der Waals surface area contributed by atoms with E-state index >= 15 is 0 Å². The molecule has 0 saturated carbocycles. The van der Waals surface area contributed by atoms with Gasteiger partial charge in [0.2, 0.25) is 5.88 Å². The minimum Gasteiger partial charge on any atom is -0.481 e. The molecule has 0 radical (unpaired) electrons. The van der Waals surface area contributed by atoms with Crippen LogP contribution in [0.5, 0.6) is 5.88 Å². The molecule has 2 rings (SSSR count). The Balaban J connectivity index is 2.01. The van der Waals surface area contributed by atoms with Crippen molar-refractivity contribution in [2.45, 2.75) is 13.3 Å². The van der Waals surface area contributed by atoms with Crippen molar-refractivity contribution in [3.8, 4) is 5.88 Å². The van der Waals surface area contributed by atoms with Crippen LogP contribution in [-0.4, -0.2) is 41.2 Å². The fraction of sp³-hybridized carbons (Fsp3) is 0.545. The van der Waals surface area contributed by atoms with Crippen molar-refractivity contribution in [3.63, 3.8) is 0 Å². The first-order chi connectivity index (χ1) is 8.08. The molecule has 1 saturated heterocycles. The Bertz CT molecular complexity index is 430. The maximum atomic E-state index is 10.5. The molecule has 92 valence electrons. The average molecular weight is 237 g/mol. The Morgan fingerprint density at radius 3 is 2.88 bits per heavy atom. The number of aryl methyl sites for hydroxylation is 1. The molecule has 0 aromatic carbocycles. The number of aliphatic carboxylic acids is 1. The Kier molecular flexibility index (Phi) is 3.12. The molecule has 1 aromatic heterocycles. The molecule has 1 fully saturated rings. The first-order valence-corrected chi connectivity index (χ1v) is 5.45. The zero-order valence-corrected chi connectivity index (χ0v) is 9.88. The second kappa shape index (κ2) is 4.57. The van der Waals surface area contributed by atoms with Gasteiger partial charge in [-0.25, -0.2) is 4.98 Å². The first-order valence-electron chi connectivity index (χ1n) is 5.45. The summed E-state index contributed by atoms with van der Waals surface area (Å²) in [7, 11) is 1.56. The molecule has 1 aromatic rings. The molecular formula is C11H15N3O3. The van der Waals surface area contributed by atoms with Gasteiger partial charge in [0.1, 0.15) is 11.6 Å². The van der Waals surface area contributed by atoms with Crippen LogP contribution in [0.2, 0.25) is 0 Å². The van der Waals surface area contributed by atoms with Crippen LogP contribution in [0.3, 0.4) is 0 Å². The van der Waals surface area contributed by atoms with E-state index in [9.17, 15) is 4.79 Å². The molecule has 6 nitrogen and oxygen atoms in total. The summed E-state index contributed by atoms with van der Waals surface area (Å²) in [5.74, 6) is 1.46. The van der Waals surface area contributed by atoms with Gasteiger partial charge in [0.25, 0.3) is 0 Å². The molecule has 0 spiro atoms. The predicted molar refractivity (Wildman–Crippen MR) is 61.3 cm³/mol. The summed E-state index contributed by atoms with van der Waals surface area (Å²) in [6, 6.07) is 1.77. The number of aromatic nitrogens is 2. The Morgan fingerprint density at radius 2 is 2.29 bits per heavy atom. The summed E-state index contributed by atoms with van der Waals surface area (Å²) >= 11 is 0. The summed E-state index contributed by atoms with van der Waals surface area (Å²) in [6.45, 7) is 3.26. The molecule has 1 aliphatic heterocycles. The van der Waals surface area contributed by atoms with E-state index in [4.69, 9.17) is 9.84 Å². The third kappa shape index (κ3) is 2.64. The highest BCUT2D eigenvalue weighted by molar-refractivity contribution is 5.67. The zero-order chi connectivity index (χ0) is 12.4. The van der Waals surface area contributed by atoms with E-state index in [0.717, 1.165) is 18.9 Å². The molecule has 6 heteroatoms. The number of ether oxygens (including phenoxy) is 1. The monoisotopic (exact) mass is 237 g/mol. The summed E-state index contributed by atoms with van der Waals surface area (Å²) in [6.07, 6.45) is 0.220. The van der Waals surface area contributed by atoms with E-state index in [-0.39, 0.29) is 12.3 Å². The molecule has 1 aliphatic rings. The highest BCUT2D eigenvalue weighted by Crippen LogP contribution is 2.26. The van der Waals surface area contributed by atoms with Crippen LogP contribution in [0.1, 0.15) is 12.2 Å². The van der Waals surface area contributed by atoms with E-state index in [1.165, 1.54) is 0 Å². The van der Waals surface area contributed by atoms with Gasteiger partial charge in [-0.05, 0) is 6.92 Å². The van der Waals surface area contributed by atoms with Gasteiger partial charge in [-0.15, -0.1) is 0 Å². The van der Waals surface area contributed by atoms with E-state index in [1.807, 2.05) is 4.90 Å². The Hall–Kier alpha value is -1.85. The van der Waals surface area contributed by atoms with E-state index in [1.54, 1.807) is 20.1 Å². The highest BCUT2D eigenvalue weighted by Gasteiger charge is 2.29. The van der Waals surface area contributed by atoms with Crippen LogP contribution in [0.15, 0.2) is 6.07 Å². The van der Waals surface area contributed by atoms with Crippen molar-refractivity contribution >= 4 is 11.8 Å². The van der Waals surface area contributed by atoms with Crippen molar-refractivity contribution in [3.05, 3.63) is 11.9 Å². The fourth-order valence-corrected chi connectivity index (χ4v) is 1.92. The number of rotatable bonds is 4. The molecule has 0 aliphatic carbocycles. The van der Waals surface area contributed by atoms with Crippen molar-refractivity contribution in [1.29, 1.82) is 0 Å². The molecule has 2 heterocycles. The number of carboxylic acids is 1. The molecule has 0 atom stereocenters. The van der Waals surface area contributed by atoms with Gasteiger partial charge >= 0.3 is 5.97 Å². The third-order valence-corrected chi connectivity index (χ3v) is 2.75. The smallest absolute Gasteiger partial charge is 0.303 e. The normalized spacial score (nSPS) is 15.5. The number of carboxylic acid groups (broad SMARTS) is 1. The highest BCUT2D eigenvalue weighted by atomic mass is 16.5. The second-order valence-corrected chi connectivity index (χ2v) is 4.18. The van der Waals surface area contributed by atoms with Crippen molar-refractivity contribution in [1.82, 2.24) is 9.97 Å². The van der Waals surface area contributed by atoms with Gasteiger partial charge in [-0.3, -0.25) is 4.79 Å². The number of hydrogen-bond acceptors (Lipinski definition) is 5.